The van der Waals surface area contributed by atoms with Crippen molar-refractivity contribution in [1.29, 1.82) is 0 Å². The van der Waals surface area contributed by atoms with Crippen LogP contribution in [0.5, 0.6) is 0 Å². The minimum atomic E-state index is -4.27. The quantitative estimate of drug-likeness (QED) is 0.363. The number of pyridine rings is 1. The molecule has 0 atom stereocenters. The Bertz CT molecular complexity index is 1180. The van der Waals surface area contributed by atoms with Gasteiger partial charge in [-0.3, -0.25) is 0 Å². The number of hydrogen-bond donors (Lipinski definition) is 0. The van der Waals surface area contributed by atoms with Crippen LogP contribution in [0.4, 0.5) is 0 Å². The van der Waals surface area contributed by atoms with Crippen LogP contribution in [0.1, 0.15) is 12.5 Å². The molecule has 154 valence electrons. The van der Waals surface area contributed by atoms with Gasteiger partial charge in [-0.2, -0.15) is 0 Å². The van der Waals surface area contributed by atoms with Gasteiger partial charge in [0.05, 0.1) is 11.1 Å². The molecule has 4 rings (SSSR count). The molecule has 4 aromatic rings. The molecule has 0 saturated carbocycles. The number of aromatic nitrogens is 2. The Morgan fingerprint density at radius 2 is 1.57 bits per heavy atom. The Kier molecular flexibility index (Phi) is 6.76. The van der Waals surface area contributed by atoms with Crippen LogP contribution in [-0.2, 0) is 16.7 Å². The van der Waals surface area contributed by atoms with E-state index < -0.39 is 10.1 Å². The summed E-state index contributed by atoms with van der Waals surface area (Å²) in [5.74, 6) is 1.45. The molecule has 30 heavy (non-hydrogen) atoms. The van der Waals surface area contributed by atoms with Gasteiger partial charge in [0.15, 0.2) is 18.2 Å². The van der Waals surface area contributed by atoms with Gasteiger partial charge in [0.1, 0.15) is 16.7 Å². The SMILES string of the molecule is CC[n+]1ccc(-c2ncc(-c3ccccc3)o2)cc1.Cc1ccc(S(=O)(=O)[O-])cc1. The second-order valence-electron chi connectivity index (χ2n) is 6.58. The standard InChI is InChI=1S/C16H15N2O.C7H8O3S/c1-2-18-10-8-14(9-11-18)16-17-12-15(19-16)13-6-4-3-5-7-13;1-6-2-4-7(5-3-6)11(8,9)10/h3-12H,2H2,1H3;2-5H,1H3,(H,8,9,10)/q+1;/p-1. The Balaban J connectivity index is 0.000000199. The first-order chi connectivity index (χ1) is 14.4. The highest BCUT2D eigenvalue weighted by atomic mass is 32.2. The summed E-state index contributed by atoms with van der Waals surface area (Å²) in [5.41, 5.74) is 2.96. The highest BCUT2D eigenvalue weighted by molar-refractivity contribution is 7.85. The normalized spacial score (nSPS) is 10.9. The molecule has 0 amide bonds. The summed E-state index contributed by atoms with van der Waals surface area (Å²) in [6, 6.07) is 19.8. The van der Waals surface area contributed by atoms with Crippen molar-refractivity contribution in [1.82, 2.24) is 4.98 Å². The minimum absolute atomic E-state index is 0.178. The molecule has 2 heterocycles. The minimum Gasteiger partial charge on any atom is -0.744 e. The lowest BCUT2D eigenvalue weighted by molar-refractivity contribution is -0.693. The Morgan fingerprint density at radius 1 is 0.933 bits per heavy atom. The zero-order chi connectivity index (χ0) is 21.6. The molecule has 0 aliphatic carbocycles. The van der Waals surface area contributed by atoms with Crippen LogP contribution in [0.2, 0.25) is 0 Å². The molecular weight excluding hydrogens is 400 g/mol. The van der Waals surface area contributed by atoms with Gasteiger partial charge in [0, 0.05) is 23.3 Å². The number of rotatable bonds is 4. The first-order valence-electron chi connectivity index (χ1n) is 9.40. The van der Waals surface area contributed by atoms with Crippen molar-refractivity contribution < 1.29 is 22.0 Å². The van der Waals surface area contributed by atoms with Crippen molar-refractivity contribution >= 4 is 10.1 Å². The zero-order valence-electron chi connectivity index (χ0n) is 16.7. The Morgan fingerprint density at radius 3 is 2.13 bits per heavy atom. The van der Waals surface area contributed by atoms with E-state index >= 15 is 0 Å². The second kappa shape index (κ2) is 9.47. The molecule has 0 bridgehead atoms. The van der Waals surface area contributed by atoms with Gasteiger partial charge in [-0.25, -0.2) is 18.0 Å². The van der Waals surface area contributed by atoms with E-state index in [1.807, 2.05) is 61.8 Å². The molecule has 6 nitrogen and oxygen atoms in total. The smallest absolute Gasteiger partial charge is 0.227 e. The molecule has 0 aliphatic rings. The van der Waals surface area contributed by atoms with Gasteiger partial charge < -0.3 is 8.97 Å². The van der Waals surface area contributed by atoms with Gasteiger partial charge in [-0.1, -0.05) is 48.0 Å². The number of oxazole rings is 1. The van der Waals surface area contributed by atoms with Crippen molar-refractivity contribution in [3.8, 4) is 22.8 Å². The van der Waals surface area contributed by atoms with E-state index in [1.54, 1.807) is 18.3 Å². The predicted octanol–water partition coefficient (Wildman–Crippen LogP) is 4.22. The van der Waals surface area contributed by atoms with E-state index in [0.717, 1.165) is 29.0 Å². The van der Waals surface area contributed by atoms with Gasteiger partial charge in [-0.15, -0.1) is 0 Å². The molecule has 2 aromatic carbocycles. The fourth-order valence-corrected chi connectivity index (χ4v) is 3.13. The third-order valence-corrected chi connectivity index (χ3v) is 5.23. The Hall–Kier alpha value is -3.29. The molecule has 0 unspecified atom stereocenters. The molecule has 0 saturated heterocycles. The van der Waals surface area contributed by atoms with Crippen LogP contribution in [0, 0.1) is 6.92 Å². The van der Waals surface area contributed by atoms with E-state index in [9.17, 15) is 13.0 Å². The topological polar surface area (TPSA) is 87.1 Å². The third kappa shape index (κ3) is 5.62. The molecule has 0 fully saturated rings. The number of aryl methyl sites for hydroxylation is 2. The maximum atomic E-state index is 10.4. The number of hydrogen-bond acceptors (Lipinski definition) is 5. The van der Waals surface area contributed by atoms with Crippen molar-refractivity contribution in [3.05, 3.63) is 90.9 Å². The summed E-state index contributed by atoms with van der Waals surface area (Å²) in [6.07, 6.45) is 5.83. The molecule has 7 heteroatoms. The monoisotopic (exact) mass is 422 g/mol. The van der Waals surface area contributed by atoms with E-state index in [-0.39, 0.29) is 4.90 Å². The number of benzene rings is 2. The molecule has 0 spiro atoms. The van der Waals surface area contributed by atoms with Crippen molar-refractivity contribution in [3.63, 3.8) is 0 Å². The maximum Gasteiger partial charge on any atom is 0.227 e. The number of nitrogens with zero attached hydrogens (tertiary/aromatic N) is 2. The molecule has 2 aromatic heterocycles. The van der Waals surface area contributed by atoms with E-state index in [1.165, 1.54) is 12.1 Å². The Labute approximate surface area is 176 Å². The predicted molar refractivity (Wildman–Crippen MR) is 112 cm³/mol. The highest BCUT2D eigenvalue weighted by Crippen LogP contribution is 2.25. The van der Waals surface area contributed by atoms with Crippen LogP contribution in [-0.4, -0.2) is 18.0 Å². The summed E-state index contributed by atoms with van der Waals surface area (Å²) in [6.45, 7) is 4.89. The average Bonchev–Trinajstić information content (AvgIpc) is 3.25. The largest absolute Gasteiger partial charge is 0.744 e. The molecule has 0 aliphatic heterocycles. The zero-order valence-corrected chi connectivity index (χ0v) is 17.5. The summed E-state index contributed by atoms with van der Waals surface area (Å²) in [4.78, 5) is 4.16. The summed E-state index contributed by atoms with van der Waals surface area (Å²) in [7, 11) is -4.27. The summed E-state index contributed by atoms with van der Waals surface area (Å²) < 4.78 is 39.1. The van der Waals surface area contributed by atoms with E-state index in [2.05, 4.69) is 16.5 Å². The molecular formula is C23H22N2O4S. The van der Waals surface area contributed by atoms with Crippen molar-refractivity contribution in [2.45, 2.75) is 25.3 Å². The lowest BCUT2D eigenvalue weighted by atomic mass is 10.2. The van der Waals surface area contributed by atoms with Crippen LogP contribution in [0.15, 0.2) is 94.6 Å². The van der Waals surface area contributed by atoms with E-state index in [4.69, 9.17) is 4.42 Å². The van der Waals surface area contributed by atoms with Crippen LogP contribution in [0.25, 0.3) is 22.8 Å². The average molecular weight is 423 g/mol. The van der Waals surface area contributed by atoms with E-state index in [0.29, 0.717) is 5.89 Å². The summed E-state index contributed by atoms with van der Waals surface area (Å²) in [5, 5.41) is 0. The fourth-order valence-electron chi connectivity index (χ4n) is 2.66. The summed E-state index contributed by atoms with van der Waals surface area (Å²) >= 11 is 0. The molecule has 0 radical (unpaired) electrons. The van der Waals surface area contributed by atoms with Crippen LogP contribution in [0.3, 0.4) is 0 Å². The maximum absolute atomic E-state index is 10.4. The lowest BCUT2D eigenvalue weighted by Gasteiger charge is -2.05. The molecule has 0 N–H and O–H groups in total. The van der Waals surface area contributed by atoms with Crippen LogP contribution < -0.4 is 4.57 Å². The third-order valence-electron chi connectivity index (χ3n) is 4.38. The first-order valence-corrected chi connectivity index (χ1v) is 10.8. The highest BCUT2D eigenvalue weighted by Gasteiger charge is 2.09. The first kappa shape index (κ1) is 21.4. The fraction of sp³-hybridized carbons (Fsp3) is 0.130. The van der Waals surface area contributed by atoms with Gasteiger partial charge in [-0.05, 0) is 26.0 Å². The van der Waals surface area contributed by atoms with Crippen molar-refractivity contribution in [2.24, 2.45) is 0 Å². The van der Waals surface area contributed by atoms with Gasteiger partial charge in [0.25, 0.3) is 0 Å². The van der Waals surface area contributed by atoms with Gasteiger partial charge >= 0.3 is 0 Å². The second-order valence-corrected chi connectivity index (χ2v) is 7.96. The van der Waals surface area contributed by atoms with Crippen LogP contribution >= 0.6 is 0 Å². The van der Waals surface area contributed by atoms with Gasteiger partial charge in [0.2, 0.25) is 5.89 Å². The van der Waals surface area contributed by atoms with Crippen molar-refractivity contribution in [2.75, 3.05) is 0 Å². The lowest BCUT2D eigenvalue weighted by Crippen LogP contribution is -2.30.